The second-order valence-electron chi connectivity index (χ2n) is 9.59. The van der Waals surface area contributed by atoms with Crippen molar-refractivity contribution in [2.45, 2.75) is 25.7 Å². The van der Waals surface area contributed by atoms with Gasteiger partial charge in [-0.15, -0.1) is 11.3 Å². The lowest BCUT2D eigenvalue weighted by atomic mass is 10.1. The Morgan fingerprint density at radius 1 is 1.05 bits per heavy atom. The van der Waals surface area contributed by atoms with Crippen LogP contribution in [0.25, 0.3) is 0 Å². The quantitative estimate of drug-likeness (QED) is 0.436. The van der Waals surface area contributed by atoms with Crippen molar-refractivity contribution in [3.8, 4) is 11.5 Å². The summed E-state index contributed by atoms with van der Waals surface area (Å²) in [5.74, 6) is 1.39. The summed E-state index contributed by atoms with van der Waals surface area (Å²) in [4.78, 5) is 26.0. The third kappa shape index (κ3) is 5.25. The van der Waals surface area contributed by atoms with Gasteiger partial charge in [0.2, 0.25) is 0 Å². The minimum Gasteiger partial charge on any atom is -0.468 e. The lowest BCUT2D eigenvalue weighted by molar-refractivity contribution is -0.0656. The normalized spacial score (nSPS) is 21.4. The number of ether oxygens (including phenoxy) is 4. The van der Waals surface area contributed by atoms with Crippen molar-refractivity contribution in [2.24, 2.45) is 4.99 Å². The summed E-state index contributed by atoms with van der Waals surface area (Å²) in [6, 6.07) is 19.7. The zero-order valence-electron chi connectivity index (χ0n) is 22.1. The van der Waals surface area contributed by atoms with Gasteiger partial charge in [0.1, 0.15) is 29.5 Å². The molecular formula is C29H32N4O5S. The van der Waals surface area contributed by atoms with Crippen LogP contribution in [0.4, 0.5) is 5.00 Å². The van der Waals surface area contributed by atoms with Gasteiger partial charge in [-0.3, -0.25) is 14.6 Å². The number of aliphatic imine (C=N–C) groups is 1. The molecule has 2 fully saturated rings. The number of carbonyl (C=O) groups excluding carboxylic acids is 1. The molecule has 0 radical (unpaired) electrons. The van der Waals surface area contributed by atoms with Crippen LogP contribution in [0.1, 0.15) is 33.9 Å². The van der Waals surface area contributed by atoms with Gasteiger partial charge in [-0.25, -0.2) is 0 Å². The number of hydrogen-bond donors (Lipinski definition) is 0. The molecule has 0 spiro atoms. The average Bonchev–Trinajstić information content (AvgIpc) is 3.67. The van der Waals surface area contributed by atoms with E-state index < -0.39 is 0 Å². The number of rotatable bonds is 6. The van der Waals surface area contributed by atoms with Crippen LogP contribution in [0, 0.1) is 0 Å². The molecule has 1 aromatic heterocycles. The number of amidine groups is 1. The number of nitrogens with zero attached hydrogens (tertiary/aromatic N) is 4. The third-order valence-corrected chi connectivity index (χ3v) is 8.39. The molecule has 9 nitrogen and oxygen atoms in total. The first kappa shape index (κ1) is 25.8. The Morgan fingerprint density at radius 3 is 2.56 bits per heavy atom. The Labute approximate surface area is 232 Å². The molecule has 3 aliphatic rings. The molecule has 2 aromatic carbocycles. The number of amides is 1. The monoisotopic (exact) mass is 548 g/mol. The van der Waals surface area contributed by atoms with Gasteiger partial charge in [-0.2, -0.15) is 4.99 Å². The Hall–Kier alpha value is -3.44. The van der Waals surface area contributed by atoms with Crippen molar-refractivity contribution < 1.29 is 23.7 Å². The van der Waals surface area contributed by atoms with Gasteiger partial charge < -0.3 is 23.8 Å². The van der Waals surface area contributed by atoms with Crippen LogP contribution in [-0.2, 0) is 20.6 Å². The van der Waals surface area contributed by atoms with E-state index in [9.17, 15) is 4.79 Å². The Balaban J connectivity index is 1.19. The van der Waals surface area contributed by atoms with Crippen LogP contribution in [0.2, 0.25) is 0 Å². The summed E-state index contributed by atoms with van der Waals surface area (Å²) in [7, 11) is 1.64. The standard InChI is InChI=1S/C29H32N4O5S/c1-3-23-17-24-26(39-23)30-29(35-2)33(25-18-36-19-37-25)27(24)31-12-14-32(15-13-31)28(34)20-8-7-11-22(16-20)38-21-9-5-4-6-10-21/h4-11,16-17,25,27H,3,12-15,18-19H2,1-2H3. The van der Waals surface area contributed by atoms with Crippen molar-refractivity contribution in [1.29, 1.82) is 0 Å². The molecule has 204 valence electrons. The third-order valence-electron chi connectivity index (χ3n) is 7.20. The zero-order chi connectivity index (χ0) is 26.8. The minimum atomic E-state index is -0.293. The number of aryl methyl sites for hydroxylation is 1. The van der Waals surface area contributed by atoms with Crippen LogP contribution in [0.15, 0.2) is 65.7 Å². The number of hydrogen-bond acceptors (Lipinski definition) is 9. The van der Waals surface area contributed by atoms with Gasteiger partial charge in [0, 0.05) is 42.2 Å². The van der Waals surface area contributed by atoms with Crippen molar-refractivity contribution in [3.05, 3.63) is 76.7 Å². The van der Waals surface area contributed by atoms with E-state index >= 15 is 0 Å². The lowest BCUT2D eigenvalue weighted by Crippen LogP contribution is -2.57. The molecule has 2 unspecified atom stereocenters. The molecule has 39 heavy (non-hydrogen) atoms. The Bertz CT molecular complexity index is 1330. The van der Waals surface area contributed by atoms with Gasteiger partial charge in [0.05, 0.1) is 13.7 Å². The highest BCUT2D eigenvalue weighted by atomic mass is 32.1. The molecule has 1 amide bonds. The van der Waals surface area contributed by atoms with Gasteiger partial charge in [-0.1, -0.05) is 31.2 Å². The zero-order valence-corrected chi connectivity index (χ0v) is 22.9. The first-order valence-electron chi connectivity index (χ1n) is 13.2. The Morgan fingerprint density at radius 2 is 1.85 bits per heavy atom. The largest absolute Gasteiger partial charge is 0.468 e. The van der Waals surface area contributed by atoms with E-state index in [0.29, 0.717) is 50.1 Å². The van der Waals surface area contributed by atoms with Gasteiger partial charge in [0.25, 0.3) is 11.9 Å². The first-order chi connectivity index (χ1) is 19.1. The molecule has 3 aromatic rings. The molecule has 2 saturated heterocycles. The summed E-state index contributed by atoms with van der Waals surface area (Å²) < 4.78 is 23.2. The molecule has 2 atom stereocenters. The summed E-state index contributed by atoms with van der Waals surface area (Å²) in [5, 5.41) is 0.970. The first-order valence-corrected chi connectivity index (χ1v) is 14.1. The molecular weight excluding hydrogens is 516 g/mol. The number of para-hydroxylation sites is 1. The molecule has 0 aliphatic carbocycles. The summed E-state index contributed by atoms with van der Waals surface area (Å²) >= 11 is 1.70. The smallest absolute Gasteiger partial charge is 0.296 e. The predicted octanol–water partition coefficient (Wildman–Crippen LogP) is 4.84. The highest BCUT2D eigenvalue weighted by Crippen LogP contribution is 2.44. The highest BCUT2D eigenvalue weighted by molar-refractivity contribution is 7.16. The molecule has 0 saturated carbocycles. The van der Waals surface area contributed by atoms with E-state index in [1.54, 1.807) is 18.4 Å². The maximum Gasteiger partial charge on any atom is 0.296 e. The number of thiophene rings is 1. The average molecular weight is 549 g/mol. The Kier molecular flexibility index (Phi) is 7.51. The lowest BCUT2D eigenvalue weighted by Gasteiger charge is -2.46. The molecule has 0 bridgehead atoms. The summed E-state index contributed by atoms with van der Waals surface area (Å²) in [6.07, 6.45) is 0.537. The number of benzene rings is 2. The number of methoxy groups -OCH3 is 1. The van der Waals surface area contributed by atoms with Crippen LogP contribution >= 0.6 is 11.3 Å². The van der Waals surface area contributed by atoms with E-state index in [0.717, 1.165) is 22.7 Å². The molecule has 10 heteroatoms. The fourth-order valence-corrected chi connectivity index (χ4v) is 6.24. The SMILES string of the molecule is CCc1cc2c(s1)N=C(OC)N(C1COCO1)C2N1CCN(C(=O)c2cccc(Oc3ccccc3)c2)CC1. The summed E-state index contributed by atoms with van der Waals surface area (Å²) in [5.41, 5.74) is 1.77. The fraction of sp³-hybridized carbons (Fsp3) is 0.379. The minimum absolute atomic E-state index is 0.00447. The van der Waals surface area contributed by atoms with Crippen molar-refractivity contribution in [2.75, 3.05) is 46.7 Å². The van der Waals surface area contributed by atoms with Crippen molar-refractivity contribution in [1.82, 2.24) is 14.7 Å². The molecule has 6 rings (SSSR count). The van der Waals surface area contributed by atoms with Crippen LogP contribution in [0.5, 0.6) is 11.5 Å². The van der Waals surface area contributed by atoms with E-state index in [2.05, 4.69) is 22.8 Å². The van der Waals surface area contributed by atoms with Crippen molar-refractivity contribution in [3.63, 3.8) is 0 Å². The van der Waals surface area contributed by atoms with Crippen LogP contribution in [-0.4, -0.2) is 79.5 Å². The summed E-state index contributed by atoms with van der Waals surface area (Å²) in [6.45, 7) is 5.46. The second-order valence-corrected chi connectivity index (χ2v) is 10.7. The topological polar surface area (TPSA) is 76.1 Å². The molecule has 3 aliphatic heterocycles. The van der Waals surface area contributed by atoms with E-state index in [-0.39, 0.29) is 25.1 Å². The number of piperazine rings is 1. The maximum atomic E-state index is 13.5. The fourth-order valence-electron chi connectivity index (χ4n) is 5.25. The highest BCUT2D eigenvalue weighted by Gasteiger charge is 2.43. The maximum absolute atomic E-state index is 13.5. The van der Waals surface area contributed by atoms with Gasteiger partial charge >= 0.3 is 0 Å². The van der Waals surface area contributed by atoms with Gasteiger partial charge in [0.15, 0.2) is 6.23 Å². The van der Waals surface area contributed by atoms with Crippen molar-refractivity contribution >= 4 is 28.3 Å². The van der Waals surface area contributed by atoms with Crippen LogP contribution < -0.4 is 4.74 Å². The van der Waals surface area contributed by atoms with E-state index in [4.69, 9.17) is 23.9 Å². The molecule has 4 heterocycles. The van der Waals surface area contributed by atoms with E-state index in [1.165, 1.54) is 4.88 Å². The van der Waals surface area contributed by atoms with Crippen LogP contribution in [0.3, 0.4) is 0 Å². The van der Waals surface area contributed by atoms with Gasteiger partial charge in [-0.05, 0) is 42.8 Å². The number of carbonyl (C=O) groups is 1. The number of fused-ring (bicyclic) bond motifs is 1. The molecule has 0 N–H and O–H groups in total. The van der Waals surface area contributed by atoms with E-state index in [1.807, 2.05) is 59.5 Å². The second kappa shape index (κ2) is 11.4. The predicted molar refractivity (Wildman–Crippen MR) is 149 cm³/mol.